The smallest absolute Gasteiger partial charge is 0.416 e. The monoisotopic (exact) mass is 444 g/mol. The number of nitrogens with zero attached hydrogens (tertiary/aromatic N) is 1. The molecule has 2 aromatic rings. The second kappa shape index (κ2) is 9.12. The largest absolute Gasteiger partial charge is 0.456 e. The van der Waals surface area contributed by atoms with Gasteiger partial charge >= 0.3 is 12.1 Å². The first-order chi connectivity index (χ1) is 13.8. The zero-order chi connectivity index (χ0) is 22.8. The molecule has 0 aliphatic rings. The Bertz CT molecular complexity index is 952. The van der Waals surface area contributed by atoms with Crippen molar-refractivity contribution in [3.05, 3.63) is 51.8 Å². The Kier molecular flexibility index (Phi) is 7.23. The minimum atomic E-state index is -4.52. The third-order valence-corrected chi connectivity index (χ3v) is 5.26. The zero-order valence-corrected chi connectivity index (χ0v) is 18.1. The van der Waals surface area contributed by atoms with Crippen LogP contribution in [0.2, 0.25) is 5.02 Å². The van der Waals surface area contributed by atoms with Gasteiger partial charge in [-0.25, -0.2) is 4.79 Å². The lowest BCUT2D eigenvalue weighted by Crippen LogP contribution is -2.37. The summed E-state index contributed by atoms with van der Waals surface area (Å²) in [7, 11) is 1.83. The van der Waals surface area contributed by atoms with E-state index in [4.69, 9.17) is 16.3 Å². The molecule has 1 heterocycles. The van der Waals surface area contributed by atoms with Crippen LogP contribution in [0, 0.1) is 19.8 Å². The summed E-state index contributed by atoms with van der Waals surface area (Å²) < 4.78 is 45.5. The molecule has 1 aromatic heterocycles. The van der Waals surface area contributed by atoms with Crippen molar-refractivity contribution in [1.29, 1.82) is 0 Å². The maximum absolute atomic E-state index is 12.8. The molecule has 1 N–H and O–H groups in total. The summed E-state index contributed by atoms with van der Waals surface area (Å²) in [4.78, 5) is 25.0. The van der Waals surface area contributed by atoms with Crippen LogP contribution >= 0.6 is 11.6 Å². The summed E-state index contributed by atoms with van der Waals surface area (Å²) in [6.07, 6.45) is -4.52. The fourth-order valence-corrected chi connectivity index (χ4v) is 3.15. The predicted molar refractivity (Wildman–Crippen MR) is 109 cm³/mol. The van der Waals surface area contributed by atoms with E-state index in [-0.39, 0.29) is 22.4 Å². The molecule has 5 nitrogen and oxygen atoms in total. The number of halogens is 4. The highest BCUT2D eigenvalue weighted by Gasteiger charge is 2.32. The van der Waals surface area contributed by atoms with Gasteiger partial charge < -0.3 is 14.6 Å². The molecule has 0 bridgehead atoms. The topological polar surface area (TPSA) is 60.3 Å². The van der Waals surface area contributed by atoms with Gasteiger partial charge in [0.05, 0.1) is 16.3 Å². The number of nitrogens with one attached hydrogen (secondary N) is 1. The second-order valence-electron chi connectivity index (χ2n) is 7.43. The average Bonchev–Trinajstić information content (AvgIpc) is 2.91. The van der Waals surface area contributed by atoms with Crippen molar-refractivity contribution in [2.45, 2.75) is 39.9 Å². The van der Waals surface area contributed by atoms with E-state index in [9.17, 15) is 22.8 Å². The summed E-state index contributed by atoms with van der Waals surface area (Å²) in [5.74, 6) is -1.30. The van der Waals surface area contributed by atoms with Crippen LogP contribution in [0.5, 0.6) is 0 Å². The molecule has 0 aliphatic carbocycles. The average molecular weight is 445 g/mol. The summed E-state index contributed by atoms with van der Waals surface area (Å²) >= 11 is 5.96. The molecule has 0 fully saturated rings. The van der Waals surface area contributed by atoms with Crippen LogP contribution in [0.25, 0.3) is 0 Å². The fourth-order valence-electron chi connectivity index (χ4n) is 2.92. The Morgan fingerprint density at radius 3 is 2.30 bits per heavy atom. The number of aromatic nitrogens is 1. The van der Waals surface area contributed by atoms with Crippen molar-refractivity contribution >= 4 is 29.0 Å². The summed E-state index contributed by atoms with van der Waals surface area (Å²) in [5.41, 5.74) is 1.43. The van der Waals surface area contributed by atoms with Gasteiger partial charge in [0, 0.05) is 24.0 Å². The van der Waals surface area contributed by atoms with Gasteiger partial charge in [-0.3, -0.25) is 4.79 Å². The highest BCUT2D eigenvalue weighted by molar-refractivity contribution is 6.33. The van der Waals surface area contributed by atoms with Crippen LogP contribution in [-0.2, 0) is 22.8 Å². The lowest BCUT2D eigenvalue weighted by atomic mass is 10.0. The molecule has 9 heteroatoms. The first-order valence-electron chi connectivity index (χ1n) is 9.29. The molecule has 0 radical (unpaired) electrons. The van der Waals surface area contributed by atoms with Gasteiger partial charge in [0.2, 0.25) is 5.78 Å². The number of ketones is 1. The molecule has 0 saturated heterocycles. The van der Waals surface area contributed by atoms with Crippen molar-refractivity contribution in [2.75, 3.05) is 11.9 Å². The third kappa shape index (κ3) is 5.36. The number of rotatable bonds is 7. The van der Waals surface area contributed by atoms with E-state index in [0.29, 0.717) is 5.56 Å². The Hall–Kier alpha value is -2.48. The molecule has 1 atom stereocenters. The molecule has 2 rings (SSSR count). The third-order valence-electron chi connectivity index (χ3n) is 4.95. The number of benzene rings is 1. The van der Waals surface area contributed by atoms with E-state index in [1.54, 1.807) is 26.8 Å². The molecular formula is C21H24ClF3N2O3. The van der Waals surface area contributed by atoms with E-state index in [1.165, 1.54) is 0 Å². The maximum Gasteiger partial charge on any atom is 0.416 e. The number of carbonyl (C=O) groups is 2. The predicted octanol–water partition coefficient (Wildman–Crippen LogP) is 5.18. The molecule has 0 unspecified atom stereocenters. The molecular weight excluding hydrogens is 421 g/mol. The van der Waals surface area contributed by atoms with E-state index in [0.717, 1.165) is 29.6 Å². The van der Waals surface area contributed by atoms with Crippen molar-refractivity contribution < 1.29 is 27.5 Å². The number of Topliss-reactive ketones (excluding diaryl/α,β-unsaturated/α-hetero) is 1. The quantitative estimate of drug-likeness (QED) is 0.472. The molecule has 0 amide bonds. The minimum Gasteiger partial charge on any atom is -0.456 e. The van der Waals surface area contributed by atoms with Gasteiger partial charge in [0.25, 0.3) is 0 Å². The lowest BCUT2D eigenvalue weighted by molar-refractivity contribution is -0.144. The Labute approximate surface area is 178 Å². The first-order valence-corrected chi connectivity index (χ1v) is 9.66. The van der Waals surface area contributed by atoms with Crippen LogP contribution in [0.3, 0.4) is 0 Å². The SMILES string of the molecule is Cc1cc(C(=O)COC(=O)[C@H](Nc2ccc(C(F)(F)F)cc2Cl)C(C)C)c(C)n1C. The second-order valence-corrected chi connectivity index (χ2v) is 7.84. The van der Waals surface area contributed by atoms with Gasteiger partial charge in [-0.15, -0.1) is 0 Å². The van der Waals surface area contributed by atoms with Crippen LogP contribution in [0.15, 0.2) is 24.3 Å². The molecule has 1 aromatic carbocycles. The van der Waals surface area contributed by atoms with Gasteiger partial charge in [-0.05, 0) is 44.0 Å². The van der Waals surface area contributed by atoms with E-state index < -0.39 is 30.4 Å². The Morgan fingerprint density at radius 2 is 1.83 bits per heavy atom. The van der Waals surface area contributed by atoms with E-state index >= 15 is 0 Å². The summed E-state index contributed by atoms with van der Waals surface area (Å²) in [6, 6.07) is 3.66. The Balaban J connectivity index is 2.10. The van der Waals surface area contributed by atoms with Crippen LogP contribution in [0.1, 0.15) is 41.2 Å². The fraction of sp³-hybridized carbons (Fsp3) is 0.429. The van der Waals surface area contributed by atoms with E-state index in [1.807, 2.05) is 18.5 Å². The molecule has 0 saturated carbocycles. The number of ether oxygens (including phenoxy) is 1. The van der Waals surface area contributed by atoms with Gasteiger partial charge in [-0.2, -0.15) is 13.2 Å². The maximum atomic E-state index is 12.8. The van der Waals surface area contributed by atoms with Crippen molar-refractivity contribution in [3.63, 3.8) is 0 Å². The molecule has 30 heavy (non-hydrogen) atoms. The number of esters is 1. The highest BCUT2D eigenvalue weighted by atomic mass is 35.5. The normalized spacial score (nSPS) is 12.7. The molecule has 0 spiro atoms. The number of carbonyl (C=O) groups excluding carboxylic acids is 2. The number of alkyl halides is 3. The highest BCUT2D eigenvalue weighted by Crippen LogP contribution is 2.34. The first kappa shape index (κ1) is 23.8. The van der Waals surface area contributed by atoms with Crippen molar-refractivity contribution in [3.8, 4) is 0 Å². The number of hydrogen-bond acceptors (Lipinski definition) is 4. The summed E-state index contributed by atoms with van der Waals surface area (Å²) in [5, 5.41) is 2.65. The lowest BCUT2D eigenvalue weighted by Gasteiger charge is -2.22. The number of anilines is 1. The van der Waals surface area contributed by atoms with Crippen LogP contribution < -0.4 is 5.32 Å². The van der Waals surface area contributed by atoms with E-state index in [2.05, 4.69) is 5.32 Å². The Morgan fingerprint density at radius 1 is 1.20 bits per heavy atom. The van der Waals surface area contributed by atoms with Crippen molar-refractivity contribution in [2.24, 2.45) is 13.0 Å². The van der Waals surface area contributed by atoms with Gasteiger partial charge in [-0.1, -0.05) is 25.4 Å². The van der Waals surface area contributed by atoms with Crippen LogP contribution in [-0.4, -0.2) is 29.0 Å². The summed E-state index contributed by atoms with van der Waals surface area (Å²) in [6.45, 7) is 6.71. The van der Waals surface area contributed by atoms with Crippen molar-refractivity contribution in [1.82, 2.24) is 4.57 Å². The number of aryl methyl sites for hydroxylation is 1. The molecule has 0 aliphatic heterocycles. The van der Waals surface area contributed by atoms with Gasteiger partial charge in [0.15, 0.2) is 6.61 Å². The van der Waals surface area contributed by atoms with Crippen LogP contribution in [0.4, 0.5) is 18.9 Å². The van der Waals surface area contributed by atoms with Gasteiger partial charge in [0.1, 0.15) is 6.04 Å². The number of hydrogen-bond donors (Lipinski definition) is 1. The zero-order valence-electron chi connectivity index (χ0n) is 17.4. The standard InChI is InChI=1S/C21H24ClF3N2O3/c1-11(2)19(26-17-7-6-14(9-16(17)22)21(23,24)25)20(29)30-10-18(28)15-8-12(3)27(5)13(15)4/h6-9,11,19,26H,10H2,1-5H3/t19-/m1/s1. The minimum absolute atomic E-state index is 0.168. The molecule has 164 valence electrons.